The van der Waals surface area contributed by atoms with Crippen molar-refractivity contribution in [2.75, 3.05) is 39.4 Å². The van der Waals surface area contributed by atoms with Crippen LogP contribution in [0, 0.1) is 0 Å². The summed E-state index contributed by atoms with van der Waals surface area (Å²) in [6.07, 6.45) is 7.69. The minimum Gasteiger partial charge on any atom is -0.379 e. The zero-order valence-electron chi connectivity index (χ0n) is 13.0. The average molecular weight is 282 g/mol. The van der Waals surface area contributed by atoms with Crippen LogP contribution in [-0.2, 0) is 9.53 Å². The molecule has 2 aliphatic rings. The molecule has 0 spiro atoms. The zero-order valence-corrected chi connectivity index (χ0v) is 13.0. The van der Waals surface area contributed by atoms with Crippen molar-refractivity contribution in [2.24, 2.45) is 0 Å². The molecule has 2 saturated heterocycles. The van der Waals surface area contributed by atoms with Crippen LogP contribution in [0.4, 0.5) is 0 Å². The first kappa shape index (κ1) is 15.8. The first-order chi connectivity index (χ1) is 9.81. The Balaban J connectivity index is 1.78. The molecule has 0 aromatic rings. The summed E-state index contributed by atoms with van der Waals surface area (Å²) in [5.41, 5.74) is 0. The van der Waals surface area contributed by atoms with Crippen LogP contribution in [-0.4, -0.2) is 61.1 Å². The van der Waals surface area contributed by atoms with Crippen molar-refractivity contribution in [1.82, 2.24) is 9.80 Å². The molecule has 4 heteroatoms. The van der Waals surface area contributed by atoms with Gasteiger partial charge in [0.05, 0.1) is 13.2 Å². The van der Waals surface area contributed by atoms with Crippen molar-refractivity contribution in [3.8, 4) is 0 Å². The summed E-state index contributed by atoms with van der Waals surface area (Å²) in [6, 6.07) is 0.482. The number of rotatable bonds is 6. The zero-order chi connectivity index (χ0) is 14.2. The van der Waals surface area contributed by atoms with Crippen LogP contribution in [0.3, 0.4) is 0 Å². The van der Waals surface area contributed by atoms with Gasteiger partial charge in [0.25, 0.3) is 0 Å². The molecule has 2 rings (SSSR count). The molecule has 2 heterocycles. The van der Waals surface area contributed by atoms with E-state index in [1.54, 1.807) is 0 Å². The first-order valence-corrected chi connectivity index (χ1v) is 8.41. The van der Waals surface area contributed by atoms with Gasteiger partial charge in [-0.15, -0.1) is 0 Å². The van der Waals surface area contributed by atoms with E-state index in [0.717, 1.165) is 65.1 Å². The van der Waals surface area contributed by atoms with Gasteiger partial charge >= 0.3 is 0 Å². The second-order valence-corrected chi connectivity index (χ2v) is 6.08. The fourth-order valence-electron chi connectivity index (χ4n) is 3.26. The number of hydrogen-bond donors (Lipinski definition) is 0. The van der Waals surface area contributed by atoms with Gasteiger partial charge in [-0.3, -0.25) is 9.69 Å². The summed E-state index contributed by atoms with van der Waals surface area (Å²) in [5, 5.41) is 0. The molecule has 2 fully saturated rings. The lowest BCUT2D eigenvalue weighted by Gasteiger charge is -2.37. The molecule has 1 amide bonds. The standard InChI is InChI=1S/C16H30N2O2/c1-2-3-7-16(19)18-9-5-4-6-15(18)8-10-17-11-13-20-14-12-17/h15H,2-14H2,1H3. The maximum Gasteiger partial charge on any atom is 0.222 e. The lowest BCUT2D eigenvalue weighted by atomic mass is 9.98. The van der Waals surface area contributed by atoms with E-state index in [2.05, 4.69) is 16.7 Å². The van der Waals surface area contributed by atoms with Crippen LogP contribution in [0.2, 0.25) is 0 Å². The van der Waals surface area contributed by atoms with E-state index in [1.165, 1.54) is 19.3 Å². The van der Waals surface area contributed by atoms with Crippen LogP contribution >= 0.6 is 0 Å². The third-order valence-electron chi connectivity index (χ3n) is 4.57. The minimum absolute atomic E-state index is 0.388. The fraction of sp³-hybridized carbons (Fsp3) is 0.938. The third-order valence-corrected chi connectivity index (χ3v) is 4.57. The molecule has 0 saturated carbocycles. The van der Waals surface area contributed by atoms with Crippen molar-refractivity contribution in [3.63, 3.8) is 0 Å². The Hall–Kier alpha value is -0.610. The number of carbonyl (C=O) groups excluding carboxylic acids is 1. The molecule has 0 aromatic carbocycles. The Bertz CT molecular complexity index is 290. The Kier molecular flexibility index (Phi) is 6.80. The van der Waals surface area contributed by atoms with Crippen molar-refractivity contribution in [3.05, 3.63) is 0 Å². The van der Waals surface area contributed by atoms with E-state index in [0.29, 0.717) is 11.9 Å². The number of likely N-dealkylation sites (tertiary alicyclic amines) is 1. The van der Waals surface area contributed by atoms with Crippen molar-refractivity contribution in [1.29, 1.82) is 0 Å². The van der Waals surface area contributed by atoms with E-state index in [1.807, 2.05) is 0 Å². The second kappa shape index (κ2) is 8.63. The summed E-state index contributed by atoms with van der Waals surface area (Å²) < 4.78 is 5.39. The van der Waals surface area contributed by atoms with E-state index >= 15 is 0 Å². The van der Waals surface area contributed by atoms with E-state index in [9.17, 15) is 4.79 Å². The number of amides is 1. The van der Waals surface area contributed by atoms with Gasteiger partial charge in [0.1, 0.15) is 0 Å². The third kappa shape index (κ3) is 4.74. The largest absolute Gasteiger partial charge is 0.379 e. The molecule has 0 aliphatic carbocycles. The summed E-state index contributed by atoms with van der Waals surface area (Å²) in [7, 11) is 0. The van der Waals surface area contributed by atoms with Gasteiger partial charge in [-0.2, -0.15) is 0 Å². The molecule has 20 heavy (non-hydrogen) atoms. The Morgan fingerprint density at radius 2 is 2.00 bits per heavy atom. The highest BCUT2D eigenvalue weighted by Gasteiger charge is 2.26. The molecule has 1 unspecified atom stereocenters. The highest BCUT2D eigenvalue weighted by Crippen LogP contribution is 2.21. The monoisotopic (exact) mass is 282 g/mol. The molecule has 2 aliphatic heterocycles. The molecule has 0 radical (unpaired) electrons. The van der Waals surface area contributed by atoms with E-state index in [4.69, 9.17) is 4.74 Å². The molecule has 0 bridgehead atoms. The molecular weight excluding hydrogens is 252 g/mol. The predicted molar refractivity (Wildman–Crippen MR) is 80.8 cm³/mol. The Labute approximate surface area is 123 Å². The summed E-state index contributed by atoms with van der Waals surface area (Å²) in [5.74, 6) is 0.388. The maximum atomic E-state index is 12.3. The average Bonchev–Trinajstić information content (AvgIpc) is 2.52. The summed E-state index contributed by atoms with van der Waals surface area (Å²) in [4.78, 5) is 17.0. The number of hydrogen-bond acceptors (Lipinski definition) is 3. The second-order valence-electron chi connectivity index (χ2n) is 6.08. The fourth-order valence-corrected chi connectivity index (χ4v) is 3.26. The smallest absolute Gasteiger partial charge is 0.222 e. The van der Waals surface area contributed by atoms with Crippen molar-refractivity contribution in [2.45, 2.75) is 57.9 Å². The number of piperidine rings is 1. The van der Waals surface area contributed by atoms with Gasteiger partial charge in [-0.1, -0.05) is 13.3 Å². The van der Waals surface area contributed by atoms with Gasteiger partial charge in [-0.05, 0) is 32.1 Å². The Morgan fingerprint density at radius 3 is 2.75 bits per heavy atom. The highest BCUT2D eigenvalue weighted by molar-refractivity contribution is 5.76. The molecular formula is C16H30N2O2. The van der Waals surface area contributed by atoms with Gasteiger partial charge < -0.3 is 9.64 Å². The number of ether oxygens (including phenoxy) is 1. The Morgan fingerprint density at radius 1 is 1.20 bits per heavy atom. The maximum absolute atomic E-state index is 12.3. The van der Waals surface area contributed by atoms with Crippen LogP contribution in [0.5, 0.6) is 0 Å². The SMILES string of the molecule is CCCCC(=O)N1CCCCC1CCN1CCOCC1. The number of nitrogens with zero attached hydrogens (tertiary/aromatic N) is 2. The first-order valence-electron chi connectivity index (χ1n) is 8.41. The normalized spacial score (nSPS) is 24.9. The lowest BCUT2D eigenvalue weighted by Crippen LogP contribution is -2.46. The topological polar surface area (TPSA) is 32.8 Å². The number of morpholine rings is 1. The number of unbranched alkanes of at least 4 members (excludes halogenated alkanes) is 1. The molecule has 4 nitrogen and oxygen atoms in total. The molecule has 1 atom stereocenters. The highest BCUT2D eigenvalue weighted by atomic mass is 16.5. The van der Waals surface area contributed by atoms with Crippen molar-refractivity contribution >= 4 is 5.91 Å². The van der Waals surface area contributed by atoms with Gasteiger partial charge in [0.15, 0.2) is 0 Å². The summed E-state index contributed by atoms with van der Waals surface area (Å²) in [6.45, 7) is 8.09. The minimum atomic E-state index is 0.388. The van der Waals surface area contributed by atoms with Crippen LogP contribution in [0.15, 0.2) is 0 Å². The number of carbonyl (C=O) groups is 1. The van der Waals surface area contributed by atoms with Crippen LogP contribution in [0.1, 0.15) is 51.9 Å². The summed E-state index contributed by atoms with van der Waals surface area (Å²) >= 11 is 0. The van der Waals surface area contributed by atoms with Gasteiger partial charge in [-0.25, -0.2) is 0 Å². The quantitative estimate of drug-likeness (QED) is 0.749. The molecule has 116 valence electrons. The predicted octanol–water partition coefficient (Wildman–Crippen LogP) is 2.28. The van der Waals surface area contributed by atoms with Crippen LogP contribution < -0.4 is 0 Å². The van der Waals surface area contributed by atoms with Gasteiger partial charge in [0.2, 0.25) is 5.91 Å². The van der Waals surface area contributed by atoms with E-state index < -0.39 is 0 Å². The van der Waals surface area contributed by atoms with E-state index in [-0.39, 0.29) is 0 Å². The molecule has 0 N–H and O–H groups in total. The van der Waals surface area contributed by atoms with Gasteiger partial charge in [0, 0.05) is 38.6 Å². The van der Waals surface area contributed by atoms with Crippen molar-refractivity contribution < 1.29 is 9.53 Å². The molecule has 0 aromatic heterocycles. The lowest BCUT2D eigenvalue weighted by molar-refractivity contribution is -0.135. The van der Waals surface area contributed by atoms with Crippen LogP contribution in [0.25, 0.3) is 0 Å².